The normalized spacial score (nSPS) is 10.8. The number of ether oxygens (including phenoxy) is 1. The van der Waals surface area contributed by atoms with Gasteiger partial charge in [0.05, 0.1) is 13.2 Å². The number of benzene rings is 2. The van der Waals surface area contributed by atoms with Gasteiger partial charge in [-0.25, -0.2) is 9.67 Å². The molecule has 1 heterocycles. The van der Waals surface area contributed by atoms with Gasteiger partial charge in [-0.1, -0.05) is 30.3 Å². The lowest BCUT2D eigenvalue weighted by Crippen LogP contribution is -2.11. The molecule has 0 saturated carbocycles. The highest BCUT2D eigenvalue weighted by Gasteiger charge is 2.05. The van der Waals surface area contributed by atoms with Crippen molar-refractivity contribution >= 4 is 17.7 Å². The third-order valence-corrected chi connectivity index (χ3v) is 3.69. The summed E-state index contributed by atoms with van der Waals surface area (Å²) in [5.41, 5.74) is 2.64. The fourth-order valence-corrected chi connectivity index (χ4v) is 2.46. The Bertz CT molecular complexity index is 871. The first kappa shape index (κ1) is 17.4. The number of hydrogen-bond donors (Lipinski definition) is 1. The van der Waals surface area contributed by atoms with E-state index in [9.17, 15) is 4.79 Å². The number of anilines is 1. The molecule has 0 unspecified atom stereocenters. The summed E-state index contributed by atoms with van der Waals surface area (Å²) in [5.74, 6) is 0.626. The maximum Gasteiger partial charge on any atom is 0.248 e. The smallest absolute Gasteiger partial charge is 0.248 e. The van der Waals surface area contributed by atoms with Crippen LogP contribution in [0.15, 0.2) is 67.3 Å². The van der Waals surface area contributed by atoms with Crippen LogP contribution in [0.25, 0.3) is 6.08 Å². The SMILES string of the molecule is CCOc1ccc(/C=C\C(=O)Nc2ccccc2Cn2cncn2)cc1. The summed E-state index contributed by atoms with van der Waals surface area (Å²) in [6.45, 7) is 3.11. The van der Waals surface area contributed by atoms with Gasteiger partial charge in [-0.05, 0) is 42.3 Å². The van der Waals surface area contributed by atoms with Crippen LogP contribution >= 0.6 is 0 Å². The molecule has 3 aromatic rings. The Hall–Kier alpha value is -3.41. The first-order chi connectivity index (χ1) is 12.7. The third kappa shape index (κ3) is 4.80. The largest absolute Gasteiger partial charge is 0.494 e. The van der Waals surface area contributed by atoms with Crippen molar-refractivity contribution < 1.29 is 9.53 Å². The van der Waals surface area contributed by atoms with Crippen molar-refractivity contribution in [2.24, 2.45) is 0 Å². The summed E-state index contributed by atoms with van der Waals surface area (Å²) in [7, 11) is 0. The predicted molar refractivity (Wildman–Crippen MR) is 101 cm³/mol. The van der Waals surface area contributed by atoms with Gasteiger partial charge in [0, 0.05) is 11.8 Å². The Morgan fingerprint density at radius 1 is 1.19 bits per heavy atom. The first-order valence-electron chi connectivity index (χ1n) is 8.37. The van der Waals surface area contributed by atoms with Crippen molar-refractivity contribution in [3.05, 3.63) is 78.4 Å². The fourth-order valence-electron chi connectivity index (χ4n) is 2.46. The Kier molecular flexibility index (Phi) is 5.77. The van der Waals surface area contributed by atoms with Crippen molar-refractivity contribution in [1.82, 2.24) is 14.8 Å². The van der Waals surface area contributed by atoms with Gasteiger partial charge in [0.25, 0.3) is 0 Å². The van der Waals surface area contributed by atoms with E-state index in [0.717, 1.165) is 22.6 Å². The molecule has 6 heteroatoms. The van der Waals surface area contributed by atoms with Crippen molar-refractivity contribution in [2.75, 3.05) is 11.9 Å². The molecule has 0 radical (unpaired) electrons. The number of carbonyl (C=O) groups is 1. The number of nitrogens with zero attached hydrogens (tertiary/aromatic N) is 3. The van der Waals surface area contributed by atoms with Gasteiger partial charge in [0.2, 0.25) is 5.91 Å². The van der Waals surface area contributed by atoms with E-state index in [-0.39, 0.29) is 5.91 Å². The van der Waals surface area contributed by atoms with Crippen LogP contribution in [0.4, 0.5) is 5.69 Å². The first-order valence-corrected chi connectivity index (χ1v) is 8.37. The molecule has 0 aliphatic rings. The molecule has 0 fully saturated rings. The number of para-hydroxylation sites is 1. The quantitative estimate of drug-likeness (QED) is 0.665. The summed E-state index contributed by atoms with van der Waals surface area (Å²) in [6.07, 6.45) is 6.41. The molecule has 26 heavy (non-hydrogen) atoms. The third-order valence-electron chi connectivity index (χ3n) is 3.69. The maximum atomic E-state index is 12.3. The second kappa shape index (κ2) is 8.62. The lowest BCUT2D eigenvalue weighted by molar-refractivity contribution is -0.111. The zero-order valence-corrected chi connectivity index (χ0v) is 14.5. The molecule has 1 amide bonds. The van der Waals surface area contributed by atoms with Crippen molar-refractivity contribution in [3.63, 3.8) is 0 Å². The zero-order valence-electron chi connectivity index (χ0n) is 14.5. The summed E-state index contributed by atoms with van der Waals surface area (Å²) in [6, 6.07) is 15.2. The lowest BCUT2D eigenvalue weighted by Gasteiger charge is -2.09. The van der Waals surface area contributed by atoms with Crippen LogP contribution in [0.3, 0.4) is 0 Å². The highest BCUT2D eigenvalue weighted by atomic mass is 16.5. The van der Waals surface area contributed by atoms with Crippen LogP contribution in [-0.4, -0.2) is 27.3 Å². The van der Waals surface area contributed by atoms with E-state index in [0.29, 0.717) is 13.2 Å². The molecule has 1 N–H and O–H groups in total. The minimum Gasteiger partial charge on any atom is -0.494 e. The molecular formula is C20H20N4O2. The van der Waals surface area contributed by atoms with Crippen LogP contribution in [0.5, 0.6) is 5.75 Å². The highest BCUT2D eigenvalue weighted by Crippen LogP contribution is 2.17. The monoisotopic (exact) mass is 348 g/mol. The average molecular weight is 348 g/mol. The van der Waals surface area contributed by atoms with E-state index in [1.165, 1.54) is 12.4 Å². The lowest BCUT2D eigenvalue weighted by atomic mass is 10.1. The van der Waals surface area contributed by atoms with Crippen LogP contribution in [-0.2, 0) is 11.3 Å². The molecule has 2 aromatic carbocycles. The summed E-state index contributed by atoms with van der Waals surface area (Å²) < 4.78 is 7.12. The fraction of sp³-hybridized carbons (Fsp3) is 0.150. The van der Waals surface area contributed by atoms with E-state index < -0.39 is 0 Å². The van der Waals surface area contributed by atoms with E-state index in [2.05, 4.69) is 15.4 Å². The predicted octanol–water partition coefficient (Wildman–Crippen LogP) is 3.38. The average Bonchev–Trinajstić information content (AvgIpc) is 3.16. The number of hydrogen-bond acceptors (Lipinski definition) is 4. The molecule has 3 rings (SSSR count). The number of amides is 1. The minimum absolute atomic E-state index is 0.190. The molecule has 0 bridgehead atoms. The number of rotatable bonds is 7. The van der Waals surface area contributed by atoms with E-state index in [4.69, 9.17) is 4.74 Å². The van der Waals surface area contributed by atoms with Crippen LogP contribution in [0.1, 0.15) is 18.1 Å². The minimum atomic E-state index is -0.190. The molecule has 0 aliphatic carbocycles. The molecule has 0 spiro atoms. The van der Waals surface area contributed by atoms with Crippen LogP contribution in [0.2, 0.25) is 0 Å². The molecule has 0 atom stereocenters. The van der Waals surface area contributed by atoms with Gasteiger partial charge in [-0.3, -0.25) is 4.79 Å². The molecule has 0 aliphatic heterocycles. The van der Waals surface area contributed by atoms with Crippen LogP contribution in [0, 0.1) is 0 Å². The van der Waals surface area contributed by atoms with E-state index in [1.807, 2.05) is 55.5 Å². The summed E-state index contributed by atoms with van der Waals surface area (Å²) in [4.78, 5) is 16.2. The van der Waals surface area contributed by atoms with E-state index in [1.54, 1.807) is 17.1 Å². The highest BCUT2D eigenvalue weighted by molar-refractivity contribution is 6.02. The maximum absolute atomic E-state index is 12.3. The molecule has 132 valence electrons. The standard InChI is InChI=1S/C20H20N4O2/c1-2-26-18-10-7-16(8-11-18)9-12-20(25)23-19-6-4-3-5-17(19)13-24-15-21-14-22-24/h3-12,14-15H,2,13H2,1H3,(H,23,25)/b12-9-. The molecule has 0 saturated heterocycles. The Morgan fingerprint density at radius 2 is 2.00 bits per heavy atom. The number of carbonyl (C=O) groups excluding carboxylic acids is 1. The summed E-state index contributed by atoms with van der Waals surface area (Å²) in [5, 5.41) is 7.01. The van der Waals surface area contributed by atoms with Gasteiger partial charge >= 0.3 is 0 Å². The number of aromatic nitrogens is 3. The van der Waals surface area contributed by atoms with Gasteiger partial charge in [-0.15, -0.1) is 0 Å². The molecule has 1 aromatic heterocycles. The van der Waals surface area contributed by atoms with Crippen molar-refractivity contribution in [2.45, 2.75) is 13.5 Å². The Balaban J connectivity index is 1.64. The molecule has 6 nitrogen and oxygen atoms in total. The van der Waals surface area contributed by atoms with Crippen LogP contribution < -0.4 is 10.1 Å². The van der Waals surface area contributed by atoms with Crippen molar-refractivity contribution in [1.29, 1.82) is 0 Å². The van der Waals surface area contributed by atoms with Gasteiger partial charge in [0.1, 0.15) is 18.4 Å². The Labute approximate surface area is 152 Å². The molecular weight excluding hydrogens is 328 g/mol. The topological polar surface area (TPSA) is 69.0 Å². The second-order valence-electron chi connectivity index (χ2n) is 5.57. The Morgan fingerprint density at radius 3 is 2.73 bits per heavy atom. The summed E-state index contributed by atoms with van der Waals surface area (Å²) >= 11 is 0. The van der Waals surface area contributed by atoms with Crippen molar-refractivity contribution in [3.8, 4) is 5.75 Å². The van der Waals surface area contributed by atoms with E-state index >= 15 is 0 Å². The number of nitrogens with one attached hydrogen (secondary N) is 1. The zero-order chi connectivity index (χ0) is 18.2. The van der Waals surface area contributed by atoms with Gasteiger partial charge in [0.15, 0.2) is 0 Å². The van der Waals surface area contributed by atoms with Gasteiger partial charge in [-0.2, -0.15) is 5.10 Å². The van der Waals surface area contributed by atoms with Gasteiger partial charge < -0.3 is 10.1 Å². The second-order valence-corrected chi connectivity index (χ2v) is 5.57.